The van der Waals surface area contributed by atoms with Crippen LogP contribution in [0.2, 0.25) is 0 Å². The van der Waals surface area contributed by atoms with Crippen LogP contribution in [0.25, 0.3) is 0 Å². The van der Waals surface area contributed by atoms with Crippen molar-refractivity contribution in [1.82, 2.24) is 15.2 Å². The maximum absolute atomic E-state index is 4.44. The molecule has 90 valence electrons. The molecule has 0 aliphatic carbocycles. The van der Waals surface area contributed by atoms with E-state index in [0.717, 1.165) is 19.6 Å². The van der Waals surface area contributed by atoms with Gasteiger partial charge in [0.15, 0.2) is 0 Å². The van der Waals surface area contributed by atoms with Gasteiger partial charge in [-0.05, 0) is 12.8 Å². The third-order valence-electron chi connectivity index (χ3n) is 3.40. The van der Waals surface area contributed by atoms with E-state index in [9.17, 15) is 0 Å². The molecule has 2 unspecified atom stereocenters. The molecule has 1 aliphatic heterocycles. The van der Waals surface area contributed by atoms with Crippen LogP contribution in [0.3, 0.4) is 0 Å². The molecule has 0 aromatic carbocycles. The van der Waals surface area contributed by atoms with Crippen LogP contribution in [0.4, 0.5) is 0 Å². The van der Waals surface area contributed by atoms with Crippen molar-refractivity contribution in [3.05, 3.63) is 16.6 Å². The van der Waals surface area contributed by atoms with Gasteiger partial charge in [-0.3, -0.25) is 4.90 Å². The van der Waals surface area contributed by atoms with Crippen LogP contribution in [0.5, 0.6) is 0 Å². The smallest absolute Gasteiger partial charge is 0.109 e. The van der Waals surface area contributed by atoms with Gasteiger partial charge in [0.25, 0.3) is 0 Å². The van der Waals surface area contributed by atoms with Gasteiger partial charge in [-0.25, -0.2) is 4.98 Å². The van der Waals surface area contributed by atoms with E-state index in [2.05, 4.69) is 41.4 Å². The van der Waals surface area contributed by atoms with Gasteiger partial charge in [0.1, 0.15) is 5.01 Å². The van der Waals surface area contributed by atoms with Gasteiger partial charge >= 0.3 is 0 Å². The minimum Gasteiger partial charge on any atom is -0.314 e. The lowest BCUT2D eigenvalue weighted by atomic mass is 9.99. The first-order valence-electron chi connectivity index (χ1n) is 6.06. The summed E-state index contributed by atoms with van der Waals surface area (Å²) in [5, 5.41) is 6.80. The average molecular weight is 239 g/mol. The first-order valence-corrected chi connectivity index (χ1v) is 6.94. The highest BCUT2D eigenvalue weighted by atomic mass is 32.1. The molecule has 0 amide bonds. The molecule has 2 rings (SSSR count). The molecule has 3 nitrogen and oxygen atoms in total. The standard InChI is InChI=1S/C12H21N3S/c1-9(2)11-8-13-4-6-15(11)10(3)12-14-5-7-16-12/h5,7,9-11,13H,4,6,8H2,1-3H3. The van der Waals surface area contributed by atoms with E-state index >= 15 is 0 Å². The minimum absolute atomic E-state index is 0.453. The molecule has 0 radical (unpaired) electrons. The van der Waals surface area contributed by atoms with Gasteiger partial charge in [-0.15, -0.1) is 11.3 Å². The Morgan fingerprint density at radius 2 is 2.31 bits per heavy atom. The highest BCUT2D eigenvalue weighted by Gasteiger charge is 2.29. The molecule has 0 saturated carbocycles. The number of piperazine rings is 1. The average Bonchev–Trinajstić information content (AvgIpc) is 2.81. The highest BCUT2D eigenvalue weighted by Crippen LogP contribution is 2.27. The first kappa shape index (κ1) is 12.0. The molecule has 1 aromatic rings. The summed E-state index contributed by atoms with van der Waals surface area (Å²) >= 11 is 1.77. The van der Waals surface area contributed by atoms with Crippen LogP contribution in [-0.4, -0.2) is 35.6 Å². The quantitative estimate of drug-likeness (QED) is 0.876. The van der Waals surface area contributed by atoms with Gasteiger partial charge < -0.3 is 5.32 Å². The number of rotatable bonds is 3. The topological polar surface area (TPSA) is 28.2 Å². The van der Waals surface area contributed by atoms with Crippen LogP contribution in [-0.2, 0) is 0 Å². The number of hydrogen-bond acceptors (Lipinski definition) is 4. The number of thiazole rings is 1. The number of hydrogen-bond donors (Lipinski definition) is 1. The zero-order valence-corrected chi connectivity index (χ0v) is 11.1. The zero-order chi connectivity index (χ0) is 11.5. The Morgan fingerprint density at radius 3 is 2.94 bits per heavy atom. The fourth-order valence-corrected chi connectivity index (χ4v) is 3.14. The molecular formula is C12H21N3S. The van der Waals surface area contributed by atoms with Crippen LogP contribution >= 0.6 is 11.3 Å². The lowest BCUT2D eigenvalue weighted by Crippen LogP contribution is -2.54. The van der Waals surface area contributed by atoms with Crippen LogP contribution in [0, 0.1) is 5.92 Å². The second-order valence-electron chi connectivity index (χ2n) is 4.80. The predicted molar refractivity (Wildman–Crippen MR) is 68.7 cm³/mol. The molecule has 4 heteroatoms. The summed E-state index contributed by atoms with van der Waals surface area (Å²) in [6, 6.07) is 1.09. The molecule has 16 heavy (non-hydrogen) atoms. The molecule has 1 fully saturated rings. The Hall–Kier alpha value is -0.450. The first-order chi connectivity index (χ1) is 7.70. The molecule has 0 spiro atoms. The van der Waals surface area contributed by atoms with E-state index in [-0.39, 0.29) is 0 Å². The van der Waals surface area contributed by atoms with Gasteiger partial charge in [0, 0.05) is 37.3 Å². The van der Waals surface area contributed by atoms with Gasteiger partial charge in [0.05, 0.1) is 6.04 Å². The van der Waals surface area contributed by atoms with Crippen molar-refractivity contribution in [1.29, 1.82) is 0 Å². The SMILES string of the molecule is CC(C)C1CNCCN1C(C)c1nccs1. The summed E-state index contributed by atoms with van der Waals surface area (Å²) in [6.45, 7) is 10.2. The van der Waals surface area contributed by atoms with Crippen LogP contribution < -0.4 is 5.32 Å². The molecule has 0 bridgehead atoms. The number of aromatic nitrogens is 1. The summed E-state index contributed by atoms with van der Waals surface area (Å²) in [5.41, 5.74) is 0. The zero-order valence-electron chi connectivity index (χ0n) is 10.3. The van der Waals surface area contributed by atoms with E-state index in [1.165, 1.54) is 5.01 Å². The fraction of sp³-hybridized carbons (Fsp3) is 0.750. The monoisotopic (exact) mass is 239 g/mol. The maximum Gasteiger partial charge on any atom is 0.109 e. The molecule has 1 aromatic heterocycles. The Morgan fingerprint density at radius 1 is 1.50 bits per heavy atom. The molecule has 1 aliphatic rings. The maximum atomic E-state index is 4.44. The largest absolute Gasteiger partial charge is 0.314 e. The second kappa shape index (κ2) is 5.25. The summed E-state index contributed by atoms with van der Waals surface area (Å²) < 4.78 is 0. The molecule has 2 atom stereocenters. The second-order valence-corrected chi connectivity index (χ2v) is 5.73. The van der Waals surface area contributed by atoms with Gasteiger partial charge in [0.2, 0.25) is 0 Å². The normalized spacial score (nSPS) is 24.9. The summed E-state index contributed by atoms with van der Waals surface area (Å²) in [7, 11) is 0. The summed E-state index contributed by atoms with van der Waals surface area (Å²) in [6.07, 6.45) is 1.91. The van der Waals surface area contributed by atoms with Crippen molar-refractivity contribution < 1.29 is 0 Å². The third kappa shape index (κ3) is 2.44. The number of nitrogens with zero attached hydrogens (tertiary/aromatic N) is 2. The van der Waals surface area contributed by atoms with Crippen molar-refractivity contribution in [2.45, 2.75) is 32.9 Å². The molecule has 1 N–H and O–H groups in total. The van der Waals surface area contributed by atoms with Crippen LogP contribution in [0.1, 0.15) is 31.8 Å². The predicted octanol–water partition coefficient (Wildman–Crippen LogP) is 2.13. The van der Waals surface area contributed by atoms with Gasteiger partial charge in [-0.1, -0.05) is 13.8 Å². The number of nitrogens with one attached hydrogen (secondary N) is 1. The highest BCUT2D eigenvalue weighted by molar-refractivity contribution is 7.09. The van der Waals surface area contributed by atoms with Crippen molar-refractivity contribution in [3.8, 4) is 0 Å². The molecule has 2 heterocycles. The van der Waals surface area contributed by atoms with E-state index in [0.29, 0.717) is 18.0 Å². The summed E-state index contributed by atoms with van der Waals surface area (Å²) in [4.78, 5) is 7.04. The Balaban J connectivity index is 2.11. The minimum atomic E-state index is 0.453. The van der Waals surface area contributed by atoms with E-state index < -0.39 is 0 Å². The lowest BCUT2D eigenvalue weighted by molar-refractivity contribution is 0.0842. The van der Waals surface area contributed by atoms with Gasteiger partial charge in [-0.2, -0.15) is 0 Å². The Kier molecular flexibility index (Phi) is 3.95. The molecular weight excluding hydrogens is 218 g/mol. The van der Waals surface area contributed by atoms with E-state index in [1.807, 2.05) is 6.20 Å². The Labute approximate surface area is 102 Å². The summed E-state index contributed by atoms with van der Waals surface area (Å²) in [5.74, 6) is 0.690. The van der Waals surface area contributed by atoms with Crippen molar-refractivity contribution in [2.24, 2.45) is 5.92 Å². The van der Waals surface area contributed by atoms with Crippen molar-refractivity contribution in [2.75, 3.05) is 19.6 Å². The Bertz CT molecular complexity index is 310. The van der Waals surface area contributed by atoms with E-state index in [4.69, 9.17) is 0 Å². The fourth-order valence-electron chi connectivity index (χ4n) is 2.42. The van der Waals surface area contributed by atoms with Crippen molar-refractivity contribution >= 4 is 11.3 Å². The third-order valence-corrected chi connectivity index (χ3v) is 4.35. The van der Waals surface area contributed by atoms with Crippen LogP contribution in [0.15, 0.2) is 11.6 Å². The van der Waals surface area contributed by atoms with E-state index in [1.54, 1.807) is 11.3 Å². The molecule has 1 saturated heterocycles. The van der Waals surface area contributed by atoms with Crippen molar-refractivity contribution in [3.63, 3.8) is 0 Å². The lowest BCUT2D eigenvalue weighted by Gasteiger charge is -2.41.